The van der Waals surface area contributed by atoms with Crippen molar-refractivity contribution in [3.8, 4) is 0 Å². The van der Waals surface area contributed by atoms with E-state index in [1.54, 1.807) is 6.92 Å². The Morgan fingerprint density at radius 3 is 1.34 bits per heavy atom. The van der Waals surface area contributed by atoms with E-state index in [9.17, 15) is 19.8 Å². The summed E-state index contributed by atoms with van der Waals surface area (Å²) in [5.41, 5.74) is 1.01. The Balaban J connectivity index is 1.31. The van der Waals surface area contributed by atoms with Crippen LogP contribution in [0.15, 0.2) is 113 Å². The Bertz CT molecular complexity index is 1260. The Kier molecular flexibility index (Phi) is 11.4. The Labute approximate surface area is 245 Å². The summed E-state index contributed by atoms with van der Waals surface area (Å²) in [7, 11) is -1.77. The third kappa shape index (κ3) is 7.01. The van der Waals surface area contributed by atoms with E-state index in [-0.39, 0.29) is 22.7 Å². The molecule has 4 rings (SSSR count). The number of carbonyl (C=O) groups excluding carboxylic acids is 2. The molecule has 1 aliphatic rings. The highest BCUT2D eigenvalue weighted by Gasteiger charge is 2.44. The van der Waals surface area contributed by atoms with Gasteiger partial charge in [0.05, 0.1) is 19.4 Å². The smallest absolute Gasteiger partial charge is 0.188 e. The highest BCUT2D eigenvalue weighted by molar-refractivity contribution is 7.95. The number of ketones is 2. The molecule has 2 N–H and O–H groups in total. The van der Waals surface area contributed by atoms with Gasteiger partial charge < -0.3 is 10.2 Å². The molecule has 0 unspecified atom stereocenters. The molecule has 0 fully saturated rings. The van der Waals surface area contributed by atoms with Crippen molar-refractivity contribution in [2.75, 3.05) is 19.4 Å². The molecule has 41 heavy (non-hydrogen) atoms. The van der Waals surface area contributed by atoms with Crippen LogP contribution in [-0.2, 0) is 9.59 Å². The second kappa shape index (κ2) is 15.2. The van der Waals surface area contributed by atoms with Crippen LogP contribution < -0.4 is 15.9 Å². The first-order valence-electron chi connectivity index (χ1n) is 14.8. The first-order chi connectivity index (χ1) is 20.0. The lowest BCUT2D eigenvalue weighted by Crippen LogP contribution is -2.33. The zero-order valence-electron chi connectivity index (χ0n) is 24.1. The van der Waals surface area contributed by atoms with Gasteiger partial charge in [0.2, 0.25) is 0 Å². The molecular weight excluding hydrogens is 527 g/mol. The van der Waals surface area contributed by atoms with Crippen LogP contribution in [-0.4, -0.2) is 41.2 Å². The van der Waals surface area contributed by atoms with Gasteiger partial charge in [-0.2, -0.15) is 0 Å². The zero-order valence-corrected chi connectivity index (χ0v) is 25.0. The molecule has 0 amide bonds. The highest BCUT2D eigenvalue weighted by atomic mass is 31.2. The largest absolute Gasteiger partial charge is 0.392 e. The molecule has 0 bridgehead atoms. The second-order valence-corrected chi connectivity index (χ2v) is 14.4. The summed E-state index contributed by atoms with van der Waals surface area (Å²) in [6.45, 7) is 0.623. The number of hydrogen-bond donors (Lipinski definition) is 2. The van der Waals surface area contributed by atoms with Gasteiger partial charge in [0.25, 0.3) is 0 Å². The summed E-state index contributed by atoms with van der Waals surface area (Å²) in [6, 6.07) is 33.1. The van der Waals surface area contributed by atoms with Gasteiger partial charge in [-0.15, -0.1) is 0 Å². The number of aliphatic hydroxyl groups excluding tert-OH is 2. The molecule has 0 atom stereocenters. The van der Waals surface area contributed by atoms with E-state index < -0.39 is 20.5 Å². The zero-order chi connectivity index (χ0) is 29.1. The highest BCUT2D eigenvalue weighted by Crippen LogP contribution is 2.56. The summed E-state index contributed by atoms with van der Waals surface area (Å²) in [5.74, 6) is -0.595. The van der Waals surface area contributed by atoms with Crippen molar-refractivity contribution in [2.45, 2.75) is 58.3 Å². The van der Waals surface area contributed by atoms with Gasteiger partial charge >= 0.3 is 0 Å². The van der Waals surface area contributed by atoms with Crippen LogP contribution in [0.3, 0.4) is 0 Å². The quantitative estimate of drug-likeness (QED) is 0.137. The number of carbonyl (C=O) groups is 2. The van der Waals surface area contributed by atoms with Gasteiger partial charge in [-0.25, -0.2) is 0 Å². The van der Waals surface area contributed by atoms with Crippen molar-refractivity contribution < 1.29 is 19.8 Å². The Morgan fingerprint density at radius 2 is 0.902 bits per heavy atom. The third-order valence-electron chi connectivity index (χ3n) is 8.31. The molecule has 0 heterocycles. The number of allylic oxidation sites excluding steroid dienone is 2. The standard InChI is InChI=1S/C36H42O4P/c1-28-32(36(40)34(27-38)33(26-37)35(28)39)24-16-5-3-2-4-6-17-25-41(29-18-10-7-11-19-29,30-20-12-8-13-21-30)31-22-14-9-15-23-31/h7-15,18-23,37-38H,2-6,16-17,24-27H2,1H3/q+1. The number of benzene rings is 3. The average molecular weight is 570 g/mol. The number of rotatable bonds is 15. The van der Waals surface area contributed by atoms with Crippen LogP contribution in [0.5, 0.6) is 0 Å². The molecule has 3 aromatic carbocycles. The minimum atomic E-state index is -1.77. The van der Waals surface area contributed by atoms with Crippen molar-refractivity contribution in [1.29, 1.82) is 0 Å². The molecule has 0 saturated carbocycles. The van der Waals surface area contributed by atoms with E-state index in [1.165, 1.54) is 35.2 Å². The summed E-state index contributed by atoms with van der Waals surface area (Å²) in [5, 5.41) is 23.4. The summed E-state index contributed by atoms with van der Waals surface area (Å²) < 4.78 is 0. The lowest BCUT2D eigenvalue weighted by Gasteiger charge is -2.27. The van der Waals surface area contributed by atoms with E-state index >= 15 is 0 Å². The van der Waals surface area contributed by atoms with Crippen LogP contribution >= 0.6 is 7.26 Å². The van der Waals surface area contributed by atoms with E-state index in [0.29, 0.717) is 17.6 Å². The molecule has 1 aliphatic carbocycles. The first-order valence-corrected chi connectivity index (χ1v) is 16.8. The normalized spacial score (nSPS) is 14.2. The molecule has 0 spiro atoms. The van der Waals surface area contributed by atoms with Gasteiger partial charge in [0, 0.05) is 22.3 Å². The van der Waals surface area contributed by atoms with Gasteiger partial charge in [-0.3, -0.25) is 9.59 Å². The van der Waals surface area contributed by atoms with Crippen LogP contribution in [0.4, 0.5) is 0 Å². The molecule has 214 valence electrons. The average Bonchev–Trinajstić information content (AvgIpc) is 3.02. The van der Waals surface area contributed by atoms with E-state index in [4.69, 9.17) is 0 Å². The maximum absolute atomic E-state index is 12.8. The topological polar surface area (TPSA) is 74.6 Å². The molecule has 0 aromatic heterocycles. The Morgan fingerprint density at radius 1 is 0.512 bits per heavy atom. The van der Waals surface area contributed by atoms with E-state index in [1.807, 2.05) is 0 Å². The lowest BCUT2D eigenvalue weighted by atomic mass is 9.83. The summed E-state index contributed by atoms with van der Waals surface area (Å²) in [4.78, 5) is 25.3. The fourth-order valence-electron chi connectivity index (χ4n) is 6.04. The predicted molar refractivity (Wildman–Crippen MR) is 171 cm³/mol. The summed E-state index contributed by atoms with van der Waals surface area (Å²) >= 11 is 0. The second-order valence-electron chi connectivity index (χ2n) is 10.8. The lowest BCUT2D eigenvalue weighted by molar-refractivity contribution is -0.117. The van der Waals surface area contributed by atoms with Crippen LogP contribution in [0, 0.1) is 0 Å². The van der Waals surface area contributed by atoms with Crippen LogP contribution in [0.25, 0.3) is 0 Å². The predicted octanol–water partition coefficient (Wildman–Crippen LogP) is 5.85. The van der Waals surface area contributed by atoms with Crippen molar-refractivity contribution >= 4 is 34.7 Å². The maximum Gasteiger partial charge on any atom is 0.188 e. The van der Waals surface area contributed by atoms with Crippen molar-refractivity contribution in [3.05, 3.63) is 113 Å². The minimum absolute atomic E-state index is 0.0389. The van der Waals surface area contributed by atoms with Crippen molar-refractivity contribution in [3.63, 3.8) is 0 Å². The van der Waals surface area contributed by atoms with Crippen molar-refractivity contribution in [2.24, 2.45) is 0 Å². The van der Waals surface area contributed by atoms with Gasteiger partial charge in [-0.1, -0.05) is 80.3 Å². The van der Waals surface area contributed by atoms with Gasteiger partial charge in [0.1, 0.15) is 23.2 Å². The molecule has 4 nitrogen and oxygen atoms in total. The molecular formula is C36H42O4P+. The first kappa shape index (κ1) is 30.8. The van der Waals surface area contributed by atoms with Crippen molar-refractivity contribution in [1.82, 2.24) is 0 Å². The van der Waals surface area contributed by atoms with Gasteiger partial charge in [0.15, 0.2) is 11.6 Å². The number of hydrogen-bond acceptors (Lipinski definition) is 4. The molecule has 5 heteroatoms. The number of Topliss-reactive ketones (excluding diaryl/α,β-unsaturated/α-hetero) is 2. The van der Waals surface area contributed by atoms with Crippen LogP contribution in [0.1, 0.15) is 58.3 Å². The molecule has 0 radical (unpaired) electrons. The van der Waals surface area contributed by atoms with Crippen LogP contribution in [0.2, 0.25) is 0 Å². The fourth-order valence-corrected chi connectivity index (χ4v) is 10.5. The summed E-state index contributed by atoms with van der Waals surface area (Å²) in [6.07, 6.45) is 9.28. The molecule has 3 aromatic rings. The molecule has 0 saturated heterocycles. The number of unbranched alkanes of at least 4 members (excludes halogenated alkanes) is 6. The number of aliphatic hydroxyl groups is 2. The van der Waals surface area contributed by atoms with E-state index in [0.717, 1.165) is 31.8 Å². The SMILES string of the molecule is CC1=C(CCCCCCCCC[P+](c2ccccc2)(c2ccccc2)c2ccccc2)C(=O)C(CO)=C(CO)C1=O. The maximum atomic E-state index is 12.8. The minimum Gasteiger partial charge on any atom is -0.392 e. The third-order valence-corrected chi connectivity index (χ3v) is 12.8. The monoisotopic (exact) mass is 569 g/mol. The van der Waals surface area contributed by atoms with Gasteiger partial charge in [-0.05, 0) is 69.0 Å². The fraction of sp³-hybridized carbons (Fsp3) is 0.333. The van der Waals surface area contributed by atoms with E-state index in [2.05, 4.69) is 91.0 Å². The molecule has 0 aliphatic heterocycles. The Hall–Kier alpha value is -3.17.